The van der Waals surface area contributed by atoms with E-state index in [1.54, 1.807) is 0 Å². The molecule has 1 aromatic rings. The van der Waals surface area contributed by atoms with E-state index in [-0.39, 0.29) is 0 Å². The van der Waals surface area contributed by atoms with Gasteiger partial charge in [-0.05, 0) is 38.1 Å². The molecule has 1 unspecified atom stereocenters. The van der Waals surface area contributed by atoms with E-state index in [1.807, 2.05) is 14.0 Å². The highest BCUT2D eigenvalue weighted by Crippen LogP contribution is 2.19. The molecule has 1 saturated heterocycles. The molecule has 1 aromatic carbocycles. The number of morpholine rings is 1. The van der Waals surface area contributed by atoms with Crippen LogP contribution in [0.5, 0.6) is 0 Å². The molecule has 1 heterocycles. The third-order valence-corrected chi connectivity index (χ3v) is 3.72. The summed E-state index contributed by atoms with van der Waals surface area (Å²) in [6.07, 6.45) is 1.68. The fraction of sp³-hybridized carbons (Fsp3) is 0.533. The molecule has 2 rings (SSSR count). The highest BCUT2D eigenvalue weighted by Gasteiger charge is 2.21. The van der Waals surface area contributed by atoms with Crippen LogP contribution in [0.4, 0.5) is 5.69 Å². The number of rotatable bonds is 5. The lowest BCUT2D eigenvalue weighted by Gasteiger charge is -2.29. The molecular weight excluding hydrogens is 240 g/mol. The van der Waals surface area contributed by atoms with Gasteiger partial charge in [0.25, 0.3) is 0 Å². The Bertz CT molecular complexity index is 413. The number of nitrogens with one attached hydrogen (secondary N) is 1. The van der Waals surface area contributed by atoms with Crippen LogP contribution in [0.2, 0.25) is 0 Å². The van der Waals surface area contributed by atoms with Crippen molar-refractivity contribution < 1.29 is 9.53 Å². The van der Waals surface area contributed by atoms with Gasteiger partial charge < -0.3 is 19.7 Å². The van der Waals surface area contributed by atoms with Crippen LogP contribution >= 0.6 is 0 Å². The fourth-order valence-corrected chi connectivity index (χ4v) is 2.26. The van der Waals surface area contributed by atoms with E-state index >= 15 is 0 Å². The molecule has 1 fully saturated rings. The summed E-state index contributed by atoms with van der Waals surface area (Å²) in [4.78, 5) is 13.4. The molecule has 104 valence electrons. The topological polar surface area (TPSA) is 41.6 Å². The van der Waals surface area contributed by atoms with Gasteiger partial charge in [-0.25, -0.2) is 0 Å². The first-order valence-electron chi connectivity index (χ1n) is 6.74. The smallest absolute Gasteiger partial charge is 0.140 e. The maximum atomic E-state index is 11.1. The summed E-state index contributed by atoms with van der Waals surface area (Å²) in [6.45, 7) is 5.40. The van der Waals surface area contributed by atoms with Gasteiger partial charge in [0.1, 0.15) is 6.29 Å². The number of carbonyl (C=O) groups is 1. The van der Waals surface area contributed by atoms with Gasteiger partial charge in [0.05, 0.1) is 18.8 Å². The van der Waals surface area contributed by atoms with Crippen molar-refractivity contribution in [3.05, 3.63) is 29.8 Å². The molecule has 0 radical (unpaired) electrons. The van der Waals surface area contributed by atoms with Gasteiger partial charge in [0.2, 0.25) is 0 Å². The minimum absolute atomic E-state index is 0.486. The van der Waals surface area contributed by atoms with Crippen molar-refractivity contribution in [2.24, 2.45) is 0 Å². The molecule has 0 bridgehead atoms. The highest BCUT2D eigenvalue weighted by molar-refractivity contribution is 5.64. The van der Waals surface area contributed by atoms with Gasteiger partial charge in [0, 0.05) is 18.8 Å². The summed E-state index contributed by atoms with van der Waals surface area (Å²) in [5.74, 6) is 0. The zero-order valence-corrected chi connectivity index (χ0v) is 11.7. The van der Waals surface area contributed by atoms with Crippen LogP contribution in [0, 0.1) is 0 Å². The van der Waals surface area contributed by atoms with Gasteiger partial charge >= 0.3 is 0 Å². The van der Waals surface area contributed by atoms with Gasteiger partial charge in [-0.2, -0.15) is 0 Å². The SMILES string of the molecule is CNC(C)(C=O)Cc1ccc(N2CCOCC2)cc1. The van der Waals surface area contributed by atoms with E-state index < -0.39 is 5.54 Å². The zero-order valence-electron chi connectivity index (χ0n) is 11.7. The van der Waals surface area contributed by atoms with Crippen molar-refractivity contribution in [2.75, 3.05) is 38.3 Å². The van der Waals surface area contributed by atoms with Crippen molar-refractivity contribution in [1.82, 2.24) is 5.32 Å². The average molecular weight is 262 g/mol. The highest BCUT2D eigenvalue weighted by atomic mass is 16.5. The van der Waals surface area contributed by atoms with Crippen molar-refractivity contribution >= 4 is 12.0 Å². The van der Waals surface area contributed by atoms with Crippen LogP contribution in [-0.4, -0.2) is 45.2 Å². The van der Waals surface area contributed by atoms with Crippen LogP contribution in [0.15, 0.2) is 24.3 Å². The van der Waals surface area contributed by atoms with Crippen molar-refractivity contribution in [1.29, 1.82) is 0 Å². The number of aldehydes is 1. The molecule has 0 aromatic heterocycles. The van der Waals surface area contributed by atoms with Gasteiger partial charge in [-0.3, -0.25) is 0 Å². The third-order valence-electron chi connectivity index (χ3n) is 3.72. The normalized spacial score (nSPS) is 18.9. The minimum Gasteiger partial charge on any atom is -0.378 e. The summed E-state index contributed by atoms with van der Waals surface area (Å²) in [5.41, 5.74) is 1.91. The zero-order chi connectivity index (χ0) is 13.7. The summed E-state index contributed by atoms with van der Waals surface area (Å²) >= 11 is 0. The van der Waals surface area contributed by atoms with E-state index in [9.17, 15) is 4.79 Å². The molecule has 1 aliphatic heterocycles. The maximum Gasteiger partial charge on any atom is 0.140 e. The Kier molecular flexibility index (Phi) is 4.56. The lowest BCUT2D eigenvalue weighted by atomic mass is 9.94. The molecule has 0 aliphatic carbocycles. The molecule has 1 N–H and O–H groups in total. The number of carbonyl (C=O) groups excluding carboxylic acids is 1. The van der Waals surface area contributed by atoms with Crippen LogP contribution in [0.3, 0.4) is 0 Å². The first-order chi connectivity index (χ1) is 9.17. The molecule has 19 heavy (non-hydrogen) atoms. The molecule has 4 nitrogen and oxygen atoms in total. The Morgan fingerprint density at radius 1 is 1.32 bits per heavy atom. The van der Waals surface area contributed by atoms with Crippen LogP contribution in [0.25, 0.3) is 0 Å². The molecule has 4 heteroatoms. The van der Waals surface area contributed by atoms with Crippen LogP contribution < -0.4 is 10.2 Å². The van der Waals surface area contributed by atoms with Crippen molar-refractivity contribution in [2.45, 2.75) is 18.9 Å². The average Bonchev–Trinajstić information content (AvgIpc) is 2.49. The molecule has 0 spiro atoms. The summed E-state index contributed by atoms with van der Waals surface area (Å²) in [5, 5.41) is 3.06. The largest absolute Gasteiger partial charge is 0.378 e. The number of likely N-dealkylation sites (N-methyl/N-ethyl adjacent to an activating group) is 1. The molecule has 0 amide bonds. The molecular formula is C15H22N2O2. The minimum atomic E-state index is -0.486. The van der Waals surface area contributed by atoms with Gasteiger partial charge in [-0.1, -0.05) is 12.1 Å². The number of hydrogen-bond acceptors (Lipinski definition) is 4. The number of ether oxygens (including phenoxy) is 1. The van der Waals surface area contributed by atoms with Crippen molar-refractivity contribution in [3.8, 4) is 0 Å². The van der Waals surface area contributed by atoms with E-state index in [0.717, 1.165) is 32.6 Å². The van der Waals surface area contributed by atoms with Crippen LogP contribution in [0.1, 0.15) is 12.5 Å². The Morgan fingerprint density at radius 2 is 1.95 bits per heavy atom. The summed E-state index contributed by atoms with van der Waals surface area (Å²) < 4.78 is 5.35. The second kappa shape index (κ2) is 6.17. The third kappa shape index (κ3) is 3.55. The number of anilines is 1. The quantitative estimate of drug-likeness (QED) is 0.811. The first-order valence-corrected chi connectivity index (χ1v) is 6.74. The Hall–Kier alpha value is -1.39. The second-order valence-electron chi connectivity index (χ2n) is 5.23. The maximum absolute atomic E-state index is 11.1. The monoisotopic (exact) mass is 262 g/mol. The predicted molar refractivity (Wildman–Crippen MR) is 76.7 cm³/mol. The first kappa shape index (κ1) is 14.0. The summed E-state index contributed by atoms with van der Waals surface area (Å²) in [6, 6.07) is 8.46. The van der Waals surface area contributed by atoms with Crippen molar-refractivity contribution in [3.63, 3.8) is 0 Å². The number of benzene rings is 1. The van der Waals surface area contributed by atoms with E-state index in [2.05, 4.69) is 34.5 Å². The fourth-order valence-electron chi connectivity index (χ4n) is 2.26. The van der Waals surface area contributed by atoms with E-state index in [1.165, 1.54) is 11.3 Å². The standard InChI is InChI=1S/C15H22N2O2/c1-15(12-18,16-2)11-13-3-5-14(6-4-13)17-7-9-19-10-8-17/h3-6,12,16H,7-11H2,1-2H3. The Labute approximate surface area is 114 Å². The number of nitrogens with zero attached hydrogens (tertiary/aromatic N) is 1. The summed E-state index contributed by atoms with van der Waals surface area (Å²) in [7, 11) is 1.82. The molecule has 1 atom stereocenters. The predicted octanol–water partition coefficient (Wildman–Crippen LogP) is 1.24. The number of hydrogen-bond donors (Lipinski definition) is 1. The molecule has 0 saturated carbocycles. The van der Waals surface area contributed by atoms with E-state index in [4.69, 9.17) is 4.74 Å². The van der Waals surface area contributed by atoms with E-state index in [0.29, 0.717) is 6.42 Å². The van der Waals surface area contributed by atoms with Gasteiger partial charge in [0.15, 0.2) is 0 Å². The molecule has 1 aliphatic rings. The second-order valence-corrected chi connectivity index (χ2v) is 5.23. The van der Waals surface area contributed by atoms with Crippen LogP contribution in [-0.2, 0) is 16.0 Å². The lowest BCUT2D eigenvalue weighted by Crippen LogP contribution is -2.43. The lowest BCUT2D eigenvalue weighted by molar-refractivity contribution is -0.112. The van der Waals surface area contributed by atoms with Gasteiger partial charge in [-0.15, -0.1) is 0 Å². The Morgan fingerprint density at radius 3 is 2.47 bits per heavy atom. The Balaban J connectivity index is 2.03.